The molecule has 1 aromatic carbocycles. The smallest absolute Gasteiger partial charge is 0.0376 e. The Morgan fingerprint density at radius 3 is 2.92 bits per heavy atom. The van der Waals surface area contributed by atoms with Crippen molar-refractivity contribution in [2.24, 2.45) is 5.73 Å². The van der Waals surface area contributed by atoms with Crippen LogP contribution in [0.15, 0.2) is 16.6 Å². The van der Waals surface area contributed by atoms with Gasteiger partial charge in [-0.2, -0.15) is 0 Å². The summed E-state index contributed by atoms with van der Waals surface area (Å²) in [6, 6.07) is 4.20. The molecule has 0 bridgehead atoms. The van der Waals surface area contributed by atoms with Gasteiger partial charge >= 0.3 is 0 Å². The zero-order valence-corrected chi connectivity index (χ0v) is 8.97. The van der Waals surface area contributed by atoms with Crippen molar-refractivity contribution in [3.05, 3.63) is 27.7 Å². The normalized spacial score (nSPS) is 21.2. The largest absolute Gasteiger partial charge is 0.398 e. The second kappa shape index (κ2) is 3.31. The monoisotopic (exact) mass is 240 g/mol. The highest BCUT2D eigenvalue weighted by molar-refractivity contribution is 9.10. The third-order valence-corrected chi connectivity index (χ3v) is 3.05. The van der Waals surface area contributed by atoms with Crippen LogP contribution < -0.4 is 11.5 Å². The first-order valence-corrected chi connectivity index (χ1v) is 5.31. The Bertz CT molecular complexity index is 336. The van der Waals surface area contributed by atoms with Crippen LogP contribution in [-0.4, -0.2) is 0 Å². The molecule has 4 N–H and O–H groups in total. The van der Waals surface area contributed by atoms with Gasteiger partial charge in [-0.15, -0.1) is 0 Å². The lowest BCUT2D eigenvalue weighted by Crippen LogP contribution is -2.19. The maximum absolute atomic E-state index is 6.00. The van der Waals surface area contributed by atoms with Gasteiger partial charge in [0, 0.05) is 16.2 Å². The zero-order valence-electron chi connectivity index (χ0n) is 7.39. The minimum Gasteiger partial charge on any atom is -0.398 e. The fourth-order valence-corrected chi connectivity index (χ4v) is 2.54. The number of halogens is 1. The van der Waals surface area contributed by atoms with Gasteiger partial charge in [-0.1, -0.05) is 15.9 Å². The summed E-state index contributed by atoms with van der Waals surface area (Å²) in [5.74, 6) is 0. The molecule has 0 unspecified atom stereocenters. The minimum atomic E-state index is 0.136. The van der Waals surface area contributed by atoms with Crippen molar-refractivity contribution < 1.29 is 0 Å². The van der Waals surface area contributed by atoms with Gasteiger partial charge in [-0.3, -0.25) is 0 Å². The Labute approximate surface area is 86.4 Å². The van der Waals surface area contributed by atoms with E-state index in [1.54, 1.807) is 0 Å². The molecule has 0 amide bonds. The maximum atomic E-state index is 6.00. The zero-order chi connectivity index (χ0) is 9.42. The van der Waals surface area contributed by atoms with Gasteiger partial charge in [0.15, 0.2) is 0 Å². The molecule has 2 rings (SSSR count). The number of rotatable bonds is 0. The summed E-state index contributed by atoms with van der Waals surface area (Å²) in [7, 11) is 0. The van der Waals surface area contributed by atoms with E-state index in [4.69, 9.17) is 11.5 Å². The van der Waals surface area contributed by atoms with Crippen molar-refractivity contribution in [3.8, 4) is 0 Å². The standard InChI is InChI=1S/C10H13BrN2/c11-7-4-6-2-1-3-8(12)10(6)9(13)5-7/h4-5,8H,1-3,12-13H2/t8-/m0/s1. The Balaban J connectivity index is 2.56. The molecule has 0 radical (unpaired) electrons. The predicted molar refractivity (Wildman–Crippen MR) is 58.4 cm³/mol. The fraction of sp³-hybridized carbons (Fsp3) is 0.400. The van der Waals surface area contributed by atoms with E-state index >= 15 is 0 Å². The molecular weight excluding hydrogens is 228 g/mol. The third kappa shape index (κ3) is 1.58. The van der Waals surface area contributed by atoms with Gasteiger partial charge < -0.3 is 11.5 Å². The molecule has 13 heavy (non-hydrogen) atoms. The van der Waals surface area contributed by atoms with E-state index in [1.807, 2.05) is 6.07 Å². The molecular formula is C10H13BrN2. The lowest BCUT2D eigenvalue weighted by Gasteiger charge is -2.24. The van der Waals surface area contributed by atoms with E-state index in [-0.39, 0.29) is 6.04 Å². The van der Waals surface area contributed by atoms with Crippen LogP contribution in [0.3, 0.4) is 0 Å². The molecule has 70 valence electrons. The van der Waals surface area contributed by atoms with Crippen molar-refractivity contribution in [3.63, 3.8) is 0 Å². The molecule has 0 saturated heterocycles. The van der Waals surface area contributed by atoms with Crippen LogP contribution >= 0.6 is 15.9 Å². The van der Waals surface area contributed by atoms with Crippen molar-refractivity contribution >= 4 is 21.6 Å². The van der Waals surface area contributed by atoms with Gasteiger partial charge in [0.1, 0.15) is 0 Å². The van der Waals surface area contributed by atoms with Crippen LogP contribution in [0.1, 0.15) is 30.0 Å². The summed E-state index contributed by atoms with van der Waals surface area (Å²) < 4.78 is 1.05. The highest BCUT2D eigenvalue weighted by Gasteiger charge is 2.19. The maximum Gasteiger partial charge on any atom is 0.0376 e. The van der Waals surface area contributed by atoms with Crippen LogP contribution in [0.5, 0.6) is 0 Å². The molecule has 1 aromatic rings. The molecule has 0 fully saturated rings. The Hall–Kier alpha value is -0.540. The van der Waals surface area contributed by atoms with Crippen LogP contribution in [0.25, 0.3) is 0 Å². The number of benzene rings is 1. The molecule has 0 spiro atoms. The molecule has 1 atom stereocenters. The van der Waals surface area contributed by atoms with E-state index < -0.39 is 0 Å². The van der Waals surface area contributed by atoms with Crippen molar-refractivity contribution in [2.45, 2.75) is 25.3 Å². The van der Waals surface area contributed by atoms with Crippen molar-refractivity contribution in [1.29, 1.82) is 0 Å². The number of fused-ring (bicyclic) bond motifs is 1. The van der Waals surface area contributed by atoms with Crippen molar-refractivity contribution in [2.75, 3.05) is 5.73 Å². The number of nitrogen functional groups attached to an aromatic ring is 1. The number of hydrogen-bond donors (Lipinski definition) is 2. The van der Waals surface area contributed by atoms with Crippen molar-refractivity contribution in [1.82, 2.24) is 0 Å². The van der Waals surface area contributed by atoms with Crippen LogP contribution in [0, 0.1) is 0 Å². The highest BCUT2D eigenvalue weighted by atomic mass is 79.9. The number of anilines is 1. The van der Waals surface area contributed by atoms with Gasteiger partial charge in [0.05, 0.1) is 0 Å². The quantitative estimate of drug-likeness (QED) is 0.685. The molecule has 0 aliphatic heterocycles. The summed E-state index contributed by atoms with van der Waals surface area (Å²) in [6.45, 7) is 0. The Morgan fingerprint density at radius 2 is 2.15 bits per heavy atom. The molecule has 0 heterocycles. The molecule has 2 nitrogen and oxygen atoms in total. The molecule has 0 aromatic heterocycles. The van der Waals surface area contributed by atoms with Gasteiger partial charge in [-0.05, 0) is 42.5 Å². The SMILES string of the molecule is Nc1cc(Br)cc2c1[C@@H](N)CCC2. The summed E-state index contributed by atoms with van der Waals surface area (Å²) in [6.07, 6.45) is 3.33. The second-order valence-electron chi connectivity index (χ2n) is 3.57. The molecule has 3 heteroatoms. The summed E-state index contributed by atoms with van der Waals surface area (Å²) >= 11 is 3.44. The number of nitrogens with two attached hydrogens (primary N) is 2. The van der Waals surface area contributed by atoms with Gasteiger partial charge in [0.25, 0.3) is 0 Å². The lowest BCUT2D eigenvalue weighted by atomic mass is 9.87. The number of aryl methyl sites for hydroxylation is 1. The topological polar surface area (TPSA) is 52.0 Å². The van der Waals surface area contributed by atoms with E-state index in [9.17, 15) is 0 Å². The highest BCUT2D eigenvalue weighted by Crippen LogP contribution is 2.34. The van der Waals surface area contributed by atoms with Crippen LogP contribution in [0.4, 0.5) is 5.69 Å². The van der Waals surface area contributed by atoms with E-state index in [1.165, 1.54) is 12.0 Å². The molecule has 1 aliphatic rings. The fourth-order valence-electron chi connectivity index (χ4n) is 2.01. The first-order valence-electron chi connectivity index (χ1n) is 4.52. The Morgan fingerprint density at radius 1 is 1.38 bits per heavy atom. The third-order valence-electron chi connectivity index (χ3n) is 2.59. The van der Waals surface area contributed by atoms with E-state index in [2.05, 4.69) is 22.0 Å². The second-order valence-corrected chi connectivity index (χ2v) is 4.48. The average Bonchev–Trinajstić information content (AvgIpc) is 2.02. The van der Waals surface area contributed by atoms with E-state index in [0.29, 0.717) is 0 Å². The molecule has 1 aliphatic carbocycles. The first kappa shape index (κ1) is 9.03. The van der Waals surface area contributed by atoms with Gasteiger partial charge in [-0.25, -0.2) is 0 Å². The molecule has 0 saturated carbocycles. The first-order chi connectivity index (χ1) is 6.18. The summed E-state index contributed by atoms with van der Waals surface area (Å²) in [5, 5.41) is 0. The van der Waals surface area contributed by atoms with Crippen LogP contribution in [-0.2, 0) is 6.42 Å². The lowest BCUT2D eigenvalue weighted by molar-refractivity contribution is 0.572. The number of hydrogen-bond acceptors (Lipinski definition) is 2. The van der Waals surface area contributed by atoms with Crippen LogP contribution in [0.2, 0.25) is 0 Å². The summed E-state index contributed by atoms with van der Waals surface area (Å²) in [4.78, 5) is 0. The summed E-state index contributed by atoms with van der Waals surface area (Å²) in [5.41, 5.74) is 15.2. The minimum absolute atomic E-state index is 0.136. The Kier molecular flexibility index (Phi) is 2.30. The average molecular weight is 241 g/mol. The van der Waals surface area contributed by atoms with Gasteiger partial charge in [0.2, 0.25) is 0 Å². The van der Waals surface area contributed by atoms with E-state index in [0.717, 1.165) is 28.6 Å². The predicted octanol–water partition coefficient (Wildman–Crippen LogP) is 2.37.